The number of nitrogens with zero attached hydrogens (tertiary/aromatic N) is 1. The quantitative estimate of drug-likeness (QED) is 0.802. The smallest absolute Gasteiger partial charge is 0.101 e. The van der Waals surface area contributed by atoms with Crippen LogP contribution in [0.3, 0.4) is 0 Å². The van der Waals surface area contributed by atoms with Crippen molar-refractivity contribution < 1.29 is 4.74 Å². The summed E-state index contributed by atoms with van der Waals surface area (Å²) in [7, 11) is 6.07. The summed E-state index contributed by atoms with van der Waals surface area (Å²) in [5.41, 5.74) is 1.01. The van der Waals surface area contributed by atoms with Crippen LogP contribution in [-0.4, -0.2) is 32.6 Å². The van der Waals surface area contributed by atoms with Crippen LogP contribution >= 0.6 is 0 Å². The maximum absolute atomic E-state index is 6.12. The molecule has 1 aromatic rings. The van der Waals surface area contributed by atoms with Gasteiger partial charge >= 0.3 is 0 Å². The van der Waals surface area contributed by atoms with Crippen LogP contribution in [0.2, 0.25) is 0 Å². The van der Waals surface area contributed by atoms with E-state index in [2.05, 4.69) is 77.0 Å². The van der Waals surface area contributed by atoms with Crippen LogP contribution in [0, 0.1) is 11.3 Å². The van der Waals surface area contributed by atoms with Crippen molar-refractivity contribution in [1.29, 1.82) is 0 Å². The van der Waals surface area contributed by atoms with Gasteiger partial charge in [0.15, 0.2) is 0 Å². The fourth-order valence-electron chi connectivity index (χ4n) is 3.44. The molecule has 0 radical (unpaired) electrons. The molecule has 1 aromatic carbocycles. The second-order valence-electron chi connectivity index (χ2n) is 6.72. The Balaban J connectivity index is 3.32. The molecule has 0 amide bonds. The summed E-state index contributed by atoms with van der Waals surface area (Å²) in [5, 5.41) is 0. The molecule has 0 bridgehead atoms. The lowest BCUT2D eigenvalue weighted by atomic mass is 9.65. The molecule has 0 aliphatic heterocycles. The van der Waals surface area contributed by atoms with Gasteiger partial charge in [-0.3, -0.25) is 0 Å². The van der Waals surface area contributed by atoms with Gasteiger partial charge in [-0.1, -0.05) is 58.0 Å². The van der Waals surface area contributed by atoms with E-state index < -0.39 is 0 Å². The van der Waals surface area contributed by atoms with Crippen molar-refractivity contribution in [2.75, 3.05) is 27.7 Å². The normalized spacial score (nSPS) is 17.3. The fraction of sp³-hybridized carbons (Fsp3) is 0.647. The highest BCUT2D eigenvalue weighted by molar-refractivity contribution is 5.26. The monoisotopic (exact) mass is 263 g/mol. The Bertz CT molecular complexity index is 380. The van der Waals surface area contributed by atoms with Gasteiger partial charge in [0, 0.05) is 19.6 Å². The first kappa shape index (κ1) is 16.2. The van der Waals surface area contributed by atoms with E-state index in [0.717, 1.165) is 6.54 Å². The average molecular weight is 263 g/mol. The second kappa shape index (κ2) is 6.06. The molecule has 0 saturated carbocycles. The SMILES string of the molecule is CO[C@](c1ccccc1)([C@H](C)CN(C)C)C(C)(C)C. The molecule has 2 atom stereocenters. The highest BCUT2D eigenvalue weighted by atomic mass is 16.5. The molecule has 0 heterocycles. The third-order valence-corrected chi connectivity index (χ3v) is 3.97. The van der Waals surface area contributed by atoms with E-state index in [9.17, 15) is 0 Å². The molecular formula is C17H29NO. The maximum atomic E-state index is 6.12. The van der Waals surface area contributed by atoms with E-state index >= 15 is 0 Å². The standard InChI is InChI=1S/C17H29NO/c1-14(13-18(5)6)17(19-7,16(2,3)4)15-11-9-8-10-12-15/h8-12,14H,13H2,1-7H3/t14-,17+/m1/s1. The first-order chi connectivity index (χ1) is 8.75. The van der Waals surface area contributed by atoms with Crippen LogP contribution < -0.4 is 0 Å². The molecule has 0 saturated heterocycles. The number of ether oxygens (including phenoxy) is 1. The van der Waals surface area contributed by atoms with Crippen molar-refractivity contribution in [3.63, 3.8) is 0 Å². The first-order valence-corrected chi connectivity index (χ1v) is 7.01. The predicted octanol–water partition coefficient (Wildman–Crippen LogP) is 3.77. The maximum Gasteiger partial charge on any atom is 0.101 e. The Labute approximate surface area is 118 Å². The topological polar surface area (TPSA) is 12.5 Å². The minimum Gasteiger partial charge on any atom is -0.373 e. The van der Waals surface area contributed by atoms with Gasteiger partial charge in [0.2, 0.25) is 0 Å². The van der Waals surface area contributed by atoms with Crippen LogP contribution in [0.5, 0.6) is 0 Å². The van der Waals surface area contributed by atoms with Gasteiger partial charge in [0.05, 0.1) is 0 Å². The number of benzene rings is 1. The van der Waals surface area contributed by atoms with Gasteiger partial charge in [-0.25, -0.2) is 0 Å². The Morgan fingerprint density at radius 2 is 1.63 bits per heavy atom. The molecule has 0 fully saturated rings. The zero-order valence-electron chi connectivity index (χ0n) is 13.5. The van der Waals surface area contributed by atoms with Gasteiger partial charge in [0.25, 0.3) is 0 Å². The fourth-order valence-corrected chi connectivity index (χ4v) is 3.44. The first-order valence-electron chi connectivity index (χ1n) is 7.01. The second-order valence-corrected chi connectivity index (χ2v) is 6.72. The Morgan fingerprint density at radius 1 is 1.11 bits per heavy atom. The van der Waals surface area contributed by atoms with Crippen molar-refractivity contribution in [2.24, 2.45) is 11.3 Å². The lowest BCUT2D eigenvalue weighted by Gasteiger charge is -2.49. The van der Waals surface area contributed by atoms with Gasteiger partial charge in [-0.15, -0.1) is 0 Å². The van der Waals surface area contributed by atoms with Crippen molar-refractivity contribution in [1.82, 2.24) is 4.90 Å². The molecule has 1 rings (SSSR count). The Morgan fingerprint density at radius 3 is 2.00 bits per heavy atom. The molecule has 0 aliphatic carbocycles. The predicted molar refractivity (Wildman–Crippen MR) is 82.3 cm³/mol. The molecular weight excluding hydrogens is 234 g/mol. The third kappa shape index (κ3) is 3.18. The summed E-state index contributed by atoms with van der Waals surface area (Å²) in [5.74, 6) is 0.398. The van der Waals surface area contributed by atoms with E-state index in [1.165, 1.54) is 5.56 Å². The van der Waals surface area contributed by atoms with Crippen molar-refractivity contribution >= 4 is 0 Å². The zero-order valence-corrected chi connectivity index (χ0v) is 13.5. The van der Waals surface area contributed by atoms with E-state index in [1.54, 1.807) is 0 Å². The van der Waals surface area contributed by atoms with Crippen LogP contribution in [0.4, 0.5) is 0 Å². The lowest BCUT2D eigenvalue weighted by molar-refractivity contribution is -0.140. The van der Waals surface area contributed by atoms with Crippen LogP contribution in [0.25, 0.3) is 0 Å². The van der Waals surface area contributed by atoms with Gasteiger partial charge in [0.1, 0.15) is 5.60 Å². The molecule has 0 aliphatic rings. The summed E-state index contributed by atoms with van der Waals surface area (Å²) >= 11 is 0. The largest absolute Gasteiger partial charge is 0.373 e. The third-order valence-electron chi connectivity index (χ3n) is 3.97. The van der Waals surface area contributed by atoms with E-state index in [4.69, 9.17) is 4.74 Å². The van der Waals surface area contributed by atoms with Crippen LogP contribution in [-0.2, 0) is 10.3 Å². The molecule has 2 nitrogen and oxygen atoms in total. The van der Waals surface area contributed by atoms with Crippen LogP contribution in [0.15, 0.2) is 30.3 Å². The summed E-state index contributed by atoms with van der Waals surface area (Å²) < 4.78 is 6.12. The average Bonchev–Trinajstić information content (AvgIpc) is 2.29. The molecule has 0 unspecified atom stereocenters. The minimum absolute atomic E-state index is 0.0263. The number of rotatable bonds is 5. The van der Waals surface area contributed by atoms with Crippen molar-refractivity contribution in [3.05, 3.63) is 35.9 Å². The van der Waals surface area contributed by atoms with E-state index in [1.807, 2.05) is 7.11 Å². The summed E-state index contributed by atoms with van der Waals surface area (Å²) in [6.07, 6.45) is 0. The molecule has 19 heavy (non-hydrogen) atoms. The molecule has 2 heteroatoms. The number of hydrogen-bond acceptors (Lipinski definition) is 2. The number of hydrogen-bond donors (Lipinski definition) is 0. The molecule has 0 N–H and O–H groups in total. The van der Waals surface area contributed by atoms with Gasteiger partial charge in [-0.2, -0.15) is 0 Å². The van der Waals surface area contributed by atoms with Gasteiger partial charge in [-0.05, 0) is 25.1 Å². The molecule has 0 spiro atoms. The molecule has 108 valence electrons. The van der Waals surface area contributed by atoms with E-state index in [-0.39, 0.29) is 11.0 Å². The highest BCUT2D eigenvalue weighted by Crippen LogP contribution is 2.47. The summed E-state index contributed by atoms with van der Waals surface area (Å²) in [4.78, 5) is 2.23. The number of methoxy groups -OCH3 is 1. The lowest BCUT2D eigenvalue weighted by Crippen LogP contribution is -2.50. The van der Waals surface area contributed by atoms with Crippen molar-refractivity contribution in [3.8, 4) is 0 Å². The summed E-state index contributed by atoms with van der Waals surface area (Å²) in [6, 6.07) is 10.6. The Kier molecular flexibility index (Phi) is 5.17. The zero-order chi connectivity index (χ0) is 14.7. The Hall–Kier alpha value is -0.860. The minimum atomic E-state index is -0.279. The molecule has 0 aromatic heterocycles. The van der Waals surface area contributed by atoms with Crippen molar-refractivity contribution in [2.45, 2.75) is 33.3 Å². The highest BCUT2D eigenvalue weighted by Gasteiger charge is 2.48. The van der Waals surface area contributed by atoms with Gasteiger partial charge < -0.3 is 9.64 Å². The van der Waals surface area contributed by atoms with Crippen LogP contribution in [0.1, 0.15) is 33.3 Å². The van der Waals surface area contributed by atoms with E-state index in [0.29, 0.717) is 5.92 Å². The summed E-state index contributed by atoms with van der Waals surface area (Å²) in [6.45, 7) is 10.1.